The largest absolute Gasteiger partial charge is 0.449 e. The molecule has 27 heavy (non-hydrogen) atoms. The number of hydrogen-bond acceptors (Lipinski definition) is 3. The number of Topliss-reactive ketones (excluding diaryl/α,β-unsaturated/α-hetero) is 1. The lowest BCUT2D eigenvalue weighted by atomic mass is 9.89. The maximum absolute atomic E-state index is 13.0. The van der Waals surface area contributed by atoms with Gasteiger partial charge in [0.05, 0.1) is 6.61 Å². The van der Waals surface area contributed by atoms with Crippen molar-refractivity contribution in [1.29, 1.82) is 0 Å². The van der Waals surface area contributed by atoms with Crippen molar-refractivity contribution in [2.24, 2.45) is 5.92 Å². The van der Waals surface area contributed by atoms with Crippen LogP contribution in [0.1, 0.15) is 28.8 Å². The van der Waals surface area contributed by atoms with Crippen molar-refractivity contribution in [2.75, 3.05) is 19.7 Å². The zero-order valence-electron chi connectivity index (χ0n) is 14.9. The standard InChI is InChI=1S/C21H21ClFNO3/c22-19-4-2-1-3-15(19)11-14-27-21(26)24-12-9-17(10-13-24)20(25)16-5-7-18(23)8-6-16/h1-8,17H,9-14H2. The Bertz CT molecular complexity index is 801. The van der Waals surface area contributed by atoms with Gasteiger partial charge in [0, 0.05) is 36.0 Å². The van der Waals surface area contributed by atoms with Crippen LogP contribution in [0.3, 0.4) is 0 Å². The summed E-state index contributed by atoms with van der Waals surface area (Å²) in [5, 5.41) is 0.661. The molecule has 0 bridgehead atoms. The number of rotatable bonds is 5. The molecule has 0 saturated carbocycles. The van der Waals surface area contributed by atoms with Crippen LogP contribution in [-0.2, 0) is 11.2 Å². The summed E-state index contributed by atoms with van der Waals surface area (Å²) in [6.07, 6.45) is 1.35. The maximum Gasteiger partial charge on any atom is 0.409 e. The van der Waals surface area contributed by atoms with E-state index in [2.05, 4.69) is 0 Å². The van der Waals surface area contributed by atoms with E-state index in [0.717, 1.165) is 5.56 Å². The van der Waals surface area contributed by atoms with Crippen LogP contribution in [0.5, 0.6) is 0 Å². The summed E-state index contributed by atoms with van der Waals surface area (Å²) in [4.78, 5) is 26.3. The minimum Gasteiger partial charge on any atom is -0.449 e. The van der Waals surface area contributed by atoms with E-state index < -0.39 is 0 Å². The lowest BCUT2D eigenvalue weighted by Gasteiger charge is -2.30. The Kier molecular flexibility index (Phi) is 6.45. The summed E-state index contributed by atoms with van der Waals surface area (Å²) >= 11 is 6.09. The molecule has 0 radical (unpaired) electrons. The summed E-state index contributed by atoms with van der Waals surface area (Å²) in [7, 11) is 0. The summed E-state index contributed by atoms with van der Waals surface area (Å²) < 4.78 is 18.3. The number of amides is 1. The normalized spacial score (nSPS) is 14.8. The molecule has 1 fully saturated rings. The van der Waals surface area contributed by atoms with Crippen molar-refractivity contribution < 1.29 is 18.7 Å². The minimum atomic E-state index is -0.366. The van der Waals surface area contributed by atoms with Crippen molar-refractivity contribution in [3.05, 3.63) is 70.5 Å². The molecule has 142 valence electrons. The monoisotopic (exact) mass is 389 g/mol. The predicted molar refractivity (Wildman–Crippen MR) is 102 cm³/mol. The van der Waals surface area contributed by atoms with Gasteiger partial charge < -0.3 is 9.64 Å². The SMILES string of the molecule is O=C(c1ccc(F)cc1)C1CCN(C(=O)OCCc2ccccc2Cl)CC1. The molecule has 2 aromatic rings. The van der Waals surface area contributed by atoms with Gasteiger partial charge in [0.2, 0.25) is 0 Å². The number of nitrogens with zero attached hydrogens (tertiary/aromatic N) is 1. The molecule has 0 N–H and O–H groups in total. The van der Waals surface area contributed by atoms with Gasteiger partial charge in [-0.15, -0.1) is 0 Å². The highest BCUT2D eigenvalue weighted by molar-refractivity contribution is 6.31. The van der Waals surface area contributed by atoms with Crippen LogP contribution in [0.2, 0.25) is 5.02 Å². The molecule has 1 aliphatic heterocycles. The van der Waals surface area contributed by atoms with Gasteiger partial charge in [0.1, 0.15) is 5.82 Å². The number of benzene rings is 2. The van der Waals surface area contributed by atoms with E-state index in [-0.39, 0.29) is 30.2 Å². The maximum atomic E-state index is 13.0. The third kappa shape index (κ3) is 5.07. The van der Waals surface area contributed by atoms with Crippen LogP contribution in [0, 0.1) is 11.7 Å². The summed E-state index contributed by atoms with van der Waals surface area (Å²) in [5.41, 5.74) is 1.45. The first kappa shape index (κ1) is 19.4. The Balaban J connectivity index is 1.44. The lowest BCUT2D eigenvalue weighted by molar-refractivity contribution is 0.0741. The average molecular weight is 390 g/mol. The van der Waals surface area contributed by atoms with E-state index in [1.165, 1.54) is 24.3 Å². The average Bonchev–Trinajstić information content (AvgIpc) is 2.69. The minimum absolute atomic E-state index is 0.00161. The number of hydrogen-bond donors (Lipinski definition) is 0. The highest BCUT2D eigenvalue weighted by Crippen LogP contribution is 2.22. The first-order valence-electron chi connectivity index (χ1n) is 8.99. The van der Waals surface area contributed by atoms with Gasteiger partial charge in [-0.25, -0.2) is 9.18 Å². The van der Waals surface area contributed by atoms with Crippen LogP contribution in [0.4, 0.5) is 9.18 Å². The van der Waals surface area contributed by atoms with E-state index in [4.69, 9.17) is 16.3 Å². The van der Waals surface area contributed by atoms with Crippen molar-refractivity contribution in [2.45, 2.75) is 19.3 Å². The number of carbonyl (C=O) groups is 2. The quantitative estimate of drug-likeness (QED) is 0.693. The van der Waals surface area contributed by atoms with Crippen molar-refractivity contribution in [1.82, 2.24) is 4.90 Å². The lowest BCUT2D eigenvalue weighted by Crippen LogP contribution is -2.40. The Hall–Kier alpha value is -2.40. The molecule has 0 aromatic heterocycles. The van der Waals surface area contributed by atoms with E-state index >= 15 is 0 Å². The van der Waals surface area contributed by atoms with Crippen LogP contribution < -0.4 is 0 Å². The fourth-order valence-corrected chi connectivity index (χ4v) is 3.45. The van der Waals surface area contributed by atoms with Crippen LogP contribution in [0.25, 0.3) is 0 Å². The van der Waals surface area contributed by atoms with Gasteiger partial charge in [-0.1, -0.05) is 29.8 Å². The number of likely N-dealkylation sites (tertiary alicyclic amines) is 1. The van der Waals surface area contributed by atoms with Crippen molar-refractivity contribution in [3.63, 3.8) is 0 Å². The first-order valence-corrected chi connectivity index (χ1v) is 9.37. The molecular formula is C21H21ClFNO3. The van der Waals surface area contributed by atoms with Crippen LogP contribution >= 0.6 is 11.6 Å². The number of ketones is 1. The topological polar surface area (TPSA) is 46.6 Å². The third-order valence-corrected chi connectivity index (χ3v) is 5.18. The van der Waals surface area contributed by atoms with E-state index in [0.29, 0.717) is 42.9 Å². The summed E-state index contributed by atoms with van der Waals surface area (Å²) in [6, 6.07) is 13.1. The highest BCUT2D eigenvalue weighted by Gasteiger charge is 2.28. The van der Waals surface area contributed by atoms with Gasteiger partial charge in [0.25, 0.3) is 0 Å². The second kappa shape index (κ2) is 9.00. The predicted octanol–water partition coefficient (Wildman–Crippen LogP) is 4.75. The molecule has 1 amide bonds. The highest BCUT2D eigenvalue weighted by atomic mass is 35.5. The molecule has 1 aliphatic rings. The zero-order valence-corrected chi connectivity index (χ0v) is 15.6. The van der Waals surface area contributed by atoms with E-state index in [9.17, 15) is 14.0 Å². The fourth-order valence-electron chi connectivity index (χ4n) is 3.21. The van der Waals surface area contributed by atoms with Gasteiger partial charge in [0.15, 0.2) is 5.78 Å². The molecule has 0 unspecified atom stereocenters. The second-order valence-electron chi connectivity index (χ2n) is 6.59. The molecule has 3 rings (SSSR count). The smallest absolute Gasteiger partial charge is 0.409 e. The van der Waals surface area contributed by atoms with Crippen LogP contribution in [0.15, 0.2) is 48.5 Å². The molecular weight excluding hydrogens is 369 g/mol. The molecule has 6 heteroatoms. The molecule has 1 heterocycles. The van der Waals surface area contributed by atoms with Gasteiger partial charge >= 0.3 is 6.09 Å². The molecule has 0 spiro atoms. The molecule has 0 atom stereocenters. The second-order valence-corrected chi connectivity index (χ2v) is 7.00. The van der Waals surface area contributed by atoms with Crippen molar-refractivity contribution in [3.8, 4) is 0 Å². The zero-order chi connectivity index (χ0) is 19.2. The number of halogens is 2. The van der Waals surface area contributed by atoms with Gasteiger partial charge in [-0.3, -0.25) is 4.79 Å². The van der Waals surface area contributed by atoms with Gasteiger partial charge in [-0.05, 0) is 48.7 Å². The van der Waals surface area contributed by atoms with Crippen LogP contribution in [-0.4, -0.2) is 36.5 Å². The molecule has 4 nitrogen and oxygen atoms in total. The van der Waals surface area contributed by atoms with Gasteiger partial charge in [-0.2, -0.15) is 0 Å². The fraction of sp³-hybridized carbons (Fsp3) is 0.333. The Morgan fingerprint density at radius 2 is 1.74 bits per heavy atom. The molecule has 2 aromatic carbocycles. The van der Waals surface area contributed by atoms with E-state index in [1.807, 2.05) is 24.3 Å². The van der Waals surface area contributed by atoms with E-state index in [1.54, 1.807) is 4.90 Å². The molecule has 0 aliphatic carbocycles. The number of ether oxygens (including phenoxy) is 1. The summed E-state index contributed by atoms with van der Waals surface area (Å²) in [5.74, 6) is -0.509. The first-order chi connectivity index (χ1) is 13.0. The van der Waals surface area contributed by atoms with Crippen molar-refractivity contribution >= 4 is 23.5 Å². The Labute approximate surface area is 162 Å². The number of carbonyl (C=O) groups excluding carboxylic acids is 2. The third-order valence-electron chi connectivity index (χ3n) is 4.81. The summed E-state index contributed by atoms with van der Waals surface area (Å²) in [6.45, 7) is 1.21. The number of piperidine rings is 1. The Morgan fingerprint density at radius 1 is 1.07 bits per heavy atom. The Morgan fingerprint density at radius 3 is 2.41 bits per heavy atom. The molecule has 1 saturated heterocycles.